The summed E-state index contributed by atoms with van der Waals surface area (Å²) < 4.78 is 6.09. The number of non-ortho nitro benzene ring substituents is 1. The standard InChI is InChI=1S/C13H12N2O5/c1-3-6-14-10-7-8(15(18)19)4-5-9(10)11(16)12(20-2)13(14)17/h3-7,16H,1-2H3/b6-3-. The first-order valence-corrected chi connectivity index (χ1v) is 5.73. The van der Waals surface area contributed by atoms with E-state index in [0.717, 1.165) is 0 Å². The van der Waals surface area contributed by atoms with E-state index in [4.69, 9.17) is 4.74 Å². The summed E-state index contributed by atoms with van der Waals surface area (Å²) in [6, 6.07) is 3.87. The van der Waals surface area contributed by atoms with Crippen molar-refractivity contribution in [1.82, 2.24) is 4.57 Å². The first kappa shape index (κ1) is 13.6. The van der Waals surface area contributed by atoms with Crippen LogP contribution in [0.25, 0.3) is 17.1 Å². The molecule has 0 atom stereocenters. The summed E-state index contributed by atoms with van der Waals surface area (Å²) in [5, 5.41) is 21.1. The lowest BCUT2D eigenvalue weighted by Crippen LogP contribution is -2.18. The number of nitrogens with zero attached hydrogens (tertiary/aromatic N) is 2. The normalized spacial score (nSPS) is 11.1. The SMILES string of the molecule is C/C=C\n1c(=O)c(OC)c(O)c2ccc([N+](=O)[O-])cc21. The predicted molar refractivity (Wildman–Crippen MR) is 74.1 cm³/mol. The number of aromatic hydroxyl groups is 1. The van der Waals surface area contributed by atoms with E-state index in [0.29, 0.717) is 5.39 Å². The molecule has 7 heteroatoms. The van der Waals surface area contributed by atoms with Gasteiger partial charge in [-0.3, -0.25) is 19.5 Å². The molecule has 1 N–H and O–H groups in total. The summed E-state index contributed by atoms with van der Waals surface area (Å²) in [6.45, 7) is 1.70. The number of hydrogen-bond donors (Lipinski definition) is 1. The Labute approximate surface area is 113 Å². The first-order chi connectivity index (χ1) is 9.51. The number of methoxy groups -OCH3 is 1. The summed E-state index contributed by atoms with van der Waals surface area (Å²) in [7, 11) is 1.27. The quantitative estimate of drug-likeness (QED) is 0.684. The van der Waals surface area contributed by atoms with Gasteiger partial charge in [-0.25, -0.2) is 0 Å². The Kier molecular flexibility index (Phi) is 3.43. The van der Waals surface area contributed by atoms with E-state index in [1.165, 1.54) is 36.1 Å². The van der Waals surface area contributed by atoms with Crippen LogP contribution in [0.1, 0.15) is 6.92 Å². The molecule has 0 spiro atoms. The zero-order valence-electron chi connectivity index (χ0n) is 10.9. The highest BCUT2D eigenvalue weighted by Crippen LogP contribution is 2.33. The molecule has 7 nitrogen and oxygen atoms in total. The molecule has 104 valence electrons. The molecule has 0 amide bonds. The molecule has 0 aliphatic carbocycles. The smallest absolute Gasteiger partial charge is 0.301 e. The maximum Gasteiger partial charge on any atom is 0.301 e. The Morgan fingerprint density at radius 1 is 1.45 bits per heavy atom. The molecule has 0 bridgehead atoms. The van der Waals surface area contributed by atoms with Crippen LogP contribution in [0.4, 0.5) is 5.69 Å². The summed E-state index contributed by atoms with van der Waals surface area (Å²) in [6.07, 6.45) is 3.06. The second-order valence-corrected chi connectivity index (χ2v) is 4.00. The Hall–Kier alpha value is -2.83. The fraction of sp³-hybridized carbons (Fsp3) is 0.154. The van der Waals surface area contributed by atoms with Gasteiger partial charge in [-0.2, -0.15) is 0 Å². The molecular formula is C13H12N2O5. The van der Waals surface area contributed by atoms with Gasteiger partial charge in [0, 0.05) is 23.7 Å². The van der Waals surface area contributed by atoms with E-state index in [-0.39, 0.29) is 22.7 Å². The molecular weight excluding hydrogens is 264 g/mol. The van der Waals surface area contributed by atoms with Gasteiger partial charge in [0.05, 0.1) is 17.5 Å². The number of benzene rings is 1. The topological polar surface area (TPSA) is 94.6 Å². The summed E-state index contributed by atoms with van der Waals surface area (Å²) >= 11 is 0. The lowest BCUT2D eigenvalue weighted by Gasteiger charge is -2.11. The van der Waals surface area contributed by atoms with Gasteiger partial charge in [-0.1, -0.05) is 6.08 Å². The Bertz CT molecular complexity index is 776. The third-order valence-electron chi connectivity index (χ3n) is 2.84. The van der Waals surface area contributed by atoms with Crippen molar-refractivity contribution in [2.75, 3.05) is 7.11 Å². The highest BCUT2D eigenvalue weighted by Gasteiger charge is 2.18. The minimum absolute atomic E-state index is 0.167. The first-order valence-electron chi connectivity index (χ1n) is 5.73. The highest BCUT2D eigenvalue weighted by molar-refractivity contribution is 5.90. The van der Waals surface area contributed by atoms with Crippen LogP contribution in [-0.2, 0) is 0 Å². The Balaban J connectivity index is 2.99. The third kappa shape index (κ3) is 1.99. The molecule has 0 saturated heterocycles. The van der Waals surface area contributed by atoms with E-state index in [2.05, 4.69) is 0 Å². The molecule has 20 heavy (non-hydrogen) atoms. The van der Waals surface area contributed by atoms with E-state index in [9.17, 15) is 20.0 Å². The molecule has 1 aromatic carbocycles. The highest BCUT2D eigenvalue weighted by atomic mass is 16.6. The zero-order valence-corrected chi connectivity index (χ0v) is 10.9. The van der Waals surface area contributed by atoms with E-state index >= 15 is 0 Å². The van der Waals surface area contributed by atoms with Crippen molar-refractivity contribution in [1.29, 1.82) is 0 Å². The van der Waals surface area contributed by atoms with Crippen LogP contribution in [0.2, 0.25) is 0 Å². The van der Waals surface area contributed by atoms with Crippen molar-refractivity contribution in [2.24, 2.45) is 0 Å². The third-order valence-corrected chi connectivity index (χ3v) is 2.84. The van der Waals surface area contributed by atoms with Gasteiger partial charge >= 0.3 is 5.56 Å². The van der Waals surface area contributed by atoms with Crippen LogP contribution in [-0.4, -0.2) is 21.7 Å². The molecule has 1 heterocycles. The molecule has 0 unspecified atom stereocenters. The number of nitro benzene ring substituents is 1. The molecule has 0 aliphatic heterocycles. The van der Waals surface area contributed by atoms with Crippen LogP contribution < -0.4 is 10.3 Å². The number of nitro groups is 1. The number of ether oxygens (including phenoxy) is 1. The van der Waals surface area contributed by atoms with Gasteiger partial charge in [0.25, 0.3) is 5.69 Å². The van der Waals surface area contributed by atoms with Gasteiger partial charge in [-0.05, 0) is 13.0 Å². The number of fused-ring (bicyclic) bond motifs is 1. The van der Waals surface area contributed by atoms with Crippen molar-refractivity contribution in [3.05, 3.63) is 44.7 Å². The number of rotatable bonds is 3. The average molecular weight is 276 g/mol. The van der Waals surface area contributed by atoms with Crippen LogP contribution in [0.15, 0.2) is 29.1 Å². The van der Waals surface area contributed by atoms with Crippen molar-refractivity contribution in [3.63, 3.8) is 0 Å². The number of pyridine rings is 1. The van der Waals surface area contributed by atoms with Crippen molar-refractivity contribution in [3.8, 4) is 11.5 Å². The van der Waals surface area contributed by atoms with Gasteiger partial charge in [-0.15, -0.1) is 0 Å². The average Bonchev–Trinajstić information content (AvgIpc) is 2.43. The second kappa shape index (κ2) is 5.04. The van der Waals surface area contributed by atoms with Crippen LogP contribution in [0.5, 0.6) is 11.5 Å². The van der Waals surface area contributed by atoms with Crippen LogP contribution in [0, 0.1) is 10.1 Å². The number of hydrogen-bond acceptors (Lipinski definition) is 5. The lowest BCUT2D eigenvalue weighted by atomic mass is 10.1. The fourth-order valence-corrected chi connectivity index (χ4v) is 1.96. The second-order valence-electron chi connectivity index (χ2n) is 4.00. The van der Waals surface area contributed by atoms with Crippen molar-refractivity contribution in [2.45, 2.75) is 6.92 Å². The lowest BCUT2D eigenvalue weighted by molar-refractivity contribution is -0.384. The number of allylic oxidation sites excluding steroid dienone is 1. The van der Waals surface area contributed by atoms with Gasteiger partial charge in [0.2, 0.25) is 5.75 Å². The predicted octanol–water partition coefficient (Wildman–Crippen LogP) is 2.11. The summed E-state index contributed by atoms with van der Waals surface area (Å²) in [5.74, 6) is -0.535. The molecule has 2 aromatic rings. The summed E-state index contributed by atoms with van der Waals surface area (Å²) in [4.78, 5) is 22.4. The maximum atomic E-state index is 12.2. The largest absolute Gasteiger partial charge is 0.504 e. The minimum Gasteiger partial charge on any atom is -0.504 e. The van der Waals surface area contributed by atoms with E-state index in [1.54, 1.807) is 13.0 Å². The molecule has 0 radical (unpaired) electrons. The van der Waals surface area contributed by atoms with E-state index < -0.39 is 10.5 Å². The van der Waals surface area contributed by atoms with Gasteiger partial charge < -0.3 is 9.84 Å². The van der Waals surface area contributed by atoms with Crippen LogP contribution in [0.3, 0.4) is 0 Å². The molecule has 1 aromatic heterocycles. The molecule has 2 rings (SSSR count). The Morgan fingerprint density at radius 3 is 2.70 bits per heavy atom. The molecule has 0 fully saturated rings. The Morgan fingerprint density at radius 2 is 2.15 bits per heavy atom. The molecule has 0 saturated carbocycles. The monoisotopic (exact) mass is 276 g/mol. The molecule has 0 aliphatic rings. The number of aromatic nitrogens is 1. The fourth-order valence-electron chi connectivity index (χ4n) is 1.96. The zero-order chi connectivity index (χ0) is 14.9. The van der Waals surface area contributed by atoms with Crippen molar-refractivity contribution < 1.29 is 14.8 Å². The van der Waals surface area contributed by atoms with Gasteiger partial charge in [0.1, 0.15) is 0 Å². The maximum absolute atomic E-state index is 12.2. The summed E-state index contributed by atoms with van der Waals surface area (Å²) in [5.41, 5.74) is -0.517. The van der Waals surface area contributed by atoms with Crippen molar-refractivity contribution >= 4 is 22.8 Å². The van der Waals surface area contributed by atoms with Gasteiger partial charge in [0.15, 0.2) is 5.75 Å². The van der Waals surface area contributed by atoms with Crippen LogP contribution >= 0.6 is 0 Å². The minimum atomic E-state index is -0.587. The van der Waals surface area contributed by atoms with E-state index in [1.807, 2.05) is 0 Å².